The molecule has 0 aliphatic heterocycles. The Morgan fingerprint density at radius 2 is 1.71 bits per heavy atom. The van der Waals surface area contributed by atoms with Crippen LogP contribution in [0.4, 0.5) is 4.39 Å². The summed E-state index contributed by atoms with van der Waals surface area (Å²) < 4.78 is 49.6. The molecule has 21 heavy (non-hydrogen) atoms. The van der Waals surface area contributed by atoms with Gasteiger partial charge in [-0.3, -0.25) is 0 Å². The fourth-order valence-electron chi connectivity index (χ4n) is 1.83. The average Bonchev–Trinajstić information content (AvgIpc) is 2.35. The molecule has 0 aliphatic carbocycles. The molecular formula is C13H20FNO5S. The van der Waals surface area contributed by atoms with Crippen molar-refractivity contribution in [3.63, 3.8) is 0 Å². The SMILES string of the molecule is COc1cc(F)c(S(=O)(=O)N(C)CC(C)(C)O)cc1OC. The number of aliphatic hydroxyl groups is 1. The lowest BCUT2D eigenvalue weighted by Crippen LogP contribution is -2.39. The van der Waals surface area contributed by atoms with E-state index in [9.17, 15) is 17.9 Å². The van der Waals surface area contributed by atoms with Crippen LogP contribution in [0, 0.1) is 5.82 Å². The highest BCUT2D eigenvalue weighted by Gasteiger charge is 2.30. The van der Waals surface area contributed by atoms with E-state index in [1.807, 2.05) is 0 Å². The maximum atomic E-state index is 14.0. The Balaban J connectivity index is 3.32. The van der Waals surface area contributed by atoms with Gasteiger partial charge in [0.25, 0.3) is 0 Å². The Kier molecular flexibility index (Phi) is 5.19. The lowest BCUT2D eigenvalue weighted by Gasteiger charge is -2.25. The number of likely N-dealkylation sites (N-methyl/N-ethyl adjacent to an activating group) is 1. The maximum Gasteiger partial charge on any atom is 0.245 e. The van der Waals surface area contributed by atoms with Gasteiger partial charge in [-0.1, -0.05) is 0 Å². The molecule has 0 aliphatic rings. The molecule has 0 fully saturated rings. The van der Waals surface area contributed by atoms with Crippen molar-refractivity contribution < 1.29 is 27.4 Å². The molecule has 0 spiro atoms. The second-order valence-corrected chi connectivity index (χ2v) is 7.22. The number of sulfonamides is 1. The molecule has 0 saturated heterocycles. The summed E-state index contributed by atoms with van der Waals surface area (Å²) in [5.41, 5.74) is -1.24. The summed E-state index contributed by atoms with van der Waals surface area (Å²) in [4.78, 5) is -0.535. The minimum atomic E-state index is -4.10. The van der Waals surface area contributed by atoms with Crippen molar-refractivity contribution in [1.82, 2.24) is 4.31 Å². The molecule has 0 saturated carbocycles. The lowest BCUT2D eigenvalue weighted by atomic mass is 10.1. The van der Waals surface area contributed by atoms with Crippen LogP contribution in [0.15, 0.2) is 17.0 Å². The van der Waals surface area contributed by atoms with Crippen LogP contribution in [0.3, 0.4) is 0 Å². The smallest absolute Gasteiger partial charge is 0.245 e. The Labute approximate surface area is 124 Å². The molecule has 8 heteroatoms. The minimum Gasteiger partial charge on any atom is -0.493 e. The second-order valence-electron chi connectivity index (χ2n) is 5.21. The molecular weight excluding hydrogens is 301 g/mol. The van der Waals surface area contributed by atoms with Crippen molar-refractivity contribution in [1.29, 1.82) is 0 Å². The van der Waals surface area contributed by atoms with E-state index < -0.39 is 26.3 Å². The van der Waals surface area contributed by atoms with Gasteiger partial charge in [-0.15, -0.1) is 0 Å². The van der Waals surface area contributed by atoms with Gasteiger partial charge < -0.3 is 14.6 Å². The van der Waals surface area contributed by atoms with Crippen molar-refractivity contribution in [2.45, 2.75) is 24.3 Å². The predicted octanol–water partition coefficient (Wildman–Crippen LogP) is 1.23. The quantitative estimate of drug-likeness (QED) is 0.853. The number of ether oxygens (including phenoxy) is 2. The fourth-order valence-corrected chi connectivity index (χ4v) is 3.21. The van der Waals surface area contributed by atoms with Crippen molar-refractivity contribution in [3.8, 4) is 11.5 Å². The minimum absolute atomic E-state index is 0.0964. The van der Waals surface area contributed by atoms with Gasteiger partial charge in [-0.25, -0.2) is 12.8 Å². The van der Waals surface area contributed by atoms with Gasteiger partial charge in [0.05, 0.1) is 19.8 Å². The summed E-state index contributed by atoms with van der Waals surface area (Å²) in [5.74, 6) is -0.747. The number of rotatable bonds is 6. The molecule has 0 atom stereocenters. The van der Waals surface area contributed by atoms with E-state index in [-0.39, 0.29) is 18.0 Å². The predicted molar refractivity (Wildman–Crippen MR) is 75.6 cm³/mol. The van der Waals surface area contributed by atoms with Gasteiger partial charge in [0.15, 0.2) is 11.5 Å². The van der Waals surface area contributed by atoms with E-state index in [0.29, 0.717) is 0 Å². The van der Waals surface area contributed by atoms with Crippen LogP contribution in [-0.4, -0.2) is 51.2 Å². The monoisotopic (exact) mass is 321 g/mol. The Hall–Kier alpha value is -1.38. The van der Waals surface area contributed by atoms with Crippen LogP contribution in [-0.2, 0) is 10.0 Å². The van der Waals surface area contributed by atoms with Gasteiger partial charge in [-0.2, -0.15) is 4.31 Å². The summed E-state index contributed by atoms with van der Waals surface area (Å²) in [6, 6.07) is 2.01. The molecule has 0 bridgehead atoms. The van der Waals surface area contributed by atoms with Gasteiger partial charge in [0.2, 0.25) is 10.0 Å². The molecule has 0 unspecified atom stereocenters. The first-order chi connectivity index (χ1) is 9.52. The number of halogens is 1. The Morgan fingerprint density at radius 1 is 1.24 bits per heavy atom. The zero-order valence-corrected chi connectivity index (χ0v) is 13.5. The van der Waals surface area contributed by atoms with Crippen molar-refractivity contribution in [2.75, 3.05) is 27.8 Å². The number of methoxy groups -OCH3 is 2. The molecule has 1 aromatic carbocycles. The van der Waals surface area contributed by atoms with Crippen LogP contribution in [0.1, 0.15) is 13.8 Å². The fraction of sp³-hybridized carbons (Fsp3) is 0.538. The molecule has 120 valence electrons. The highest BCUT2D eigenvalue weighted by atomic mass is 32.2. The van der Waals surface area contributed by atoms with Crippen LogP contribution < -0.4 is 9.47 Å². The van der Waals surface area contributed by atoms with E-state index in [4.69, 9.17) is 9.47 Å². The molecule has 6 nitrogen and oxygen atoms in total. The van der Waals surface area contributed by atoms with E-state index in [0.717, 1.165) is 16.4 Å². The topological polar surface area (TPSA) is 76.1 Å². The van der Waals surface area contributed by atoms with Gasteiger partial charge >= 0.3 is 0 Å². The van der Waals surface area contributed by atoms with Crippen LogP contribution in [0.25, 0.3) is 0 Å². The number of benzene rings is 1. The largest absolute Gasteiger partial charge is 0.493 e. The molecule has 1 rings (SSSR count). The standard InChI is InChI=1S/C13H20FNO5S/c1-13(2,16)8-15(3)21(17,18)12-7-11(20-5)10(19-4)6-9(12)14/h6-7,16H,8H2,1-5H3. The second kappa shape index (κ2) is 6.17. The van der Waals surface area contributed by atoms with E-state index in [2.05, 4.69) is 0 Å². The summed E-state index contributed by atoms with van der Waals surface area (Å²) in [6.07, 6.45) is 0. The number of nitrogens with zero attached hydrogens (tertiary/aromatic N) is 1. The first-order valence-electron chi connectivity index (χ1n) is 6.13. The third kappa shape index (κ3) is 4.05. The molecule has 0 heterocycles. The lowest BCUT2D eigenvalue weighted by molar-refractivity contribution is 0.0639. The van der Waals surface area contributed by atoms with Crippen LogP contribution in [0.2, 0.25) is 0 Å². The van der Waals surface area contributed by atoms with Crippen LogP contribution in [0.5, 0.6) is 11.5 Å². The van der Waals surface area contributed by atoms with Crippen molar-refractivity contribution >= 4 is 10.0 Å². The zero-order chi connectivity index (χ0) is 16.4. The Morgan fingerprint density at radius 3 is 2.14 bits per heavy atom. The summed E-state index contributed by atoms with van der Waals surface area (Å²) in [6.45, 7) is 2.75. The van der Waals surface area contributed by atoms with E-state index >= 15 is 0 Å². The first kappa shape index (κ1) is 17.7. The van der Waals surface area contributed by atoms with Crippen molar-refractivity contribution in [3.05, 3.63) is 17.9 Å². The highest BCUT2D eigenvalue weighted by Crippen LogP contribution is 2.33. The van der Waals surface area contributed by atoms with Gasteiger partial charge in [0, 0.05) is 25.7 Å². The van der Waals surface area contributed by atoms with E-state index in [1.165, 1.54) is 35.1 Å². The summed E-state index contributed by atoms with van der Waals surface area (Å²) in [7, 11) is -0.179. The number of hydrogen-bond acceptors (Lipinski definition) is 5. The summed E-state index contributed by atoms with van der Waals surface area (Å²) in [5, 5.41) is 9.71. The number of hydrogen-bond donors (Lipinski definition) is 1. The maximum absolute atomic E-state index is 14.0. The molecule has 0 amide bonds. The van der Waals surface area contributed by atoms with E-state index in [1.54, 1.807) is 0 Å². The van der Waals surface area contributed by atoms with Gasteiger partial charge in [0.1, 0.15) is 10.7 Å². The first-order valence-corrected chi connectivity index (χ1v) is 7.57. The third-order valence-electron chi connectivity index (χ3n) is 2.74. The Bertz CT molecular complexity index is 610. The van der Waals surface area contributed by atoms with Crippen molar-refractivity contribution in [2.24, 2.45) is 0 Å². The normalized spacial score (nSPS) is 12.6. The zero-order valence-electron chi connectivity index (χ0n) is 12.7. The average molecular weight is 321 g/mol. The van der Waals surface area contributed by atoms with Gasteiger partial charge in [-0.05, 0) is 13.8 Å². The summed E-state index contributed by atoms with van der Waals surface area (Å²) >= 11 is 0. The molecule has 0 aromatic heterocycles. The third-order valence-corrected chi connectivity index (χ3v) is 4.55. The highest BCUT2D eigenvalue weighted by molar-refractivity contribution is 7.89. The molecule has 1 aromatic rings. The molecule has 0 radical (unpaired) electrons. The van der Waals surface area contributed by atoms with Crippen LogP contribution >= 0.6 is 0 Å². The molecule has 1 N–H and O–H groups in total.